The summed E-state index contributed by atoms with van der Waals surface area (Å²) in [5.41, 5.74) is 1.68. The van der Waals surface area contributed by atoms with Crippen molar-refractivity contribution in [2.75, 3.05) is 19.7 Å². The standard InChI is InChI=1S/C18H24N2O4/c1-3-23-17-7-5-4-6-13(17)18-19-14(12(2)24-18)10-20-9-8-15(21)16(22)11-20/h4-7,15-16,21-22H,3,8-11H2,1-2H3/t15-,16-/m0/s1. The van der Waals surface area contributed by atoms with Crippen LogP contribution in [0, 0.1) is 6.92 Å². The quantitative estimate of drug-likeness (QED) is 0.872. The molecule has 2 N–H and O–H groups in total. The molecular weight excluding hydrogens is 308 g/mol. The molecule has 1 fully saturated rings. The third-order valence-electron chi connectivity index (χ3n) is 4.31. The Morgan fingerprint density at radius 2 is 2.08 bits per heavy atom. The lowest BCUT2D eigenvalue weighted by molar-refractivity contribution is -0.0406. The Morgan fingerprint density at radius 3 is 2.83 bits per heavy atom. The number of ether oxygens (including phenoxy) is 1. The number of benzene rings is 1. The van der Waals surface area contributed by atoms with E-state index >= 15 is 0 Å². The molecule has 0 unspecified atom stereocenters. The molecule has 1 aromatic carbocycles. The largest absolute Gasteiger partial charge is 0.493 e. The highest BCUT2D eigenvalue weighted by Crippen LogP contribution is 2.31. The number of likely N-dealkylation sites (tertiary alicyclic amines) is 1. The summed E-state index contributed by atoms with van der Waals surface area (Å²) in [5.74, 6) is 2.06. The van der Waals surface area contributed by atoms with Crippen LogP contribution >= 0.6 is 0 Å². The molecule has 1 aliphatic heterocycles. The van der Waals surface area contributed by atoms with Gasteiger partial charge in [-0.2, -0.15) is 0 Å². The van der Waals surface area contributed by atoms with Crippen LogP contribution < -0.4 is 4.74 Å². The van der Waals surface area contributed by atoms with Crippen LogP contribution in [0.3, 0.4) is 0 Å². The number of aliphatic hydroxyl groups is 2. The van der Waals surface area contributed by atoms with Gasteiger partial charge in [0, 0.05) is 19.6 Å². The molecule has 0 saturated carbocycles. The monoisotopic (exact) mass is 332 g/mol. The van der Waals surface area contributed by atoms with E-state index in [1.54, 1.807) is 0 Å². The number of aromatic nitrogens is 1. The molecule has 130 valence electrons. The highest BCUT2D eigenvalue weighted by molar-refractivity contribution is 5.63. The highest BCUT2D eigenvalue weighted by atomic mass is 16.5. The third kappa shape index (κ3) is 3.61. The topological polar surface area (TPSA) is 79.0 Å². The summed E-state index contributed by atoms with van der Waals surface area (Å²) in [4.78, 5) is 6.71. The van der Waals surface area contributed by atoms with Gasteiger partial charge in [0.15, 0.2) is 0 Å². The summed E-state index contributed by atoms with van der Waals surface area (Å²) in [5, 5.41) is 19.4. The summed E-state index contributed by atoms with van der Waals surface area (Å²) >= 11 is 0. The van der Waals surface area contributed by atoms with Crippen molar-refractivity contribution in [2.24, 2.45) is 0 Å². The highest BCUT2D eigenvalue weighted by Gasteiger charge is 2.27. The summed E-state index contributed by atoms with van der Waals surface area (Å²) in [6.45, 7) is 6.19. The van der Waals surface area contributed by atoms with Gasteiger partial charge in [-0.05, 0) is 32.4 Å². The van der Waals surface area contributed by atoms with Crippen LogP contribution in [0.5, 0.6) is 5.75 Å². The summed E-state index contributed by atoms with van der Waals surface area (Å²) in [6.07, 6.45) is -0.768. The van der Waals surface area contributed by atoms with E-state index in [0.29, 0.717) is 32.0 Å². The molecule has 1 saturated heterocycles. The van der Waals surface area contributed by atoms with E-state index in [9.17, 15) is 10.2 Å². The van der Waals surface area contributed by atoms with Crippen LogP contribution in [-0.4, -0.2) is 52.0 Å². The second kappa shape index (κ2) is 7.34. The molecule has 1 aromatic heterocycles. The van der Waals surface area contributed by atoms with Crippen molar-refractivity contribution in [2.45, 2.75) is 39.0 Å². The van der Waals surface area contributed by atoms with E-state index < -0.39 is 12.2 Å². The Morgan fingerprint density at radius 1 is 1.29 bits per heavy atom. The normalized spacial score (nSPS) is 21.8. The Bertz CT molecular complexity index is 685. The van der Waals surface area contributed by atoms with Gasteiger partial charge in [0.05, 0.1) is 30.1 Å². The van der Waals surface area contributed by atoms with Crippen LogP contribution in [0.1, 0.15) is 24.8 Å². The Labute approximate surface area is 141 Å². The minimum Gasteiger partial charge on any atom is -0.493 e. The molecule has 24 heavy (non-hydrogen) atoms. The van der Waals surface area contributed by atoms with Gasteiger partial charge in [0.1, 0.15) is 11.5 Å². The first kappa shape index (κ1) is 17.0. The van der Waals surface area contributed by atoms with Gasteiger partial charge < -0.3 is 19.4 Å². The number of aryl methyl sites for hydroxylation is 1. The van der Waals surface area contributed by atoms with E-state index in [0.717, 1.165) is 29.3 Å². The molecule has 1 aliphatic rings. The van der Waals surface area contributed by atoms with E-state index in [1.165, 1.54) is 0 Å². The lowest BCUT2D eigenvalue weighted by Gasteiger charge is -2.32. The smallest absolute Gasteiger partial charge is 0.230 e. The average Bonchev–Trinajstić information content (AvgIpc) is 2.92. The van der Waals surface area contributed by atoms with Crippen molar-refractivity contribution in [3.05, 3.63) is 35.7 Å². The number of para-hydroxylation sites is 1. The Balaban J connectivity index is 1.78. The number of piperidine rings is 1. The Kier molecular flexibility index (Phi) is 5.18. The van der Waals surface area contributed by atoms with E-state index in [2.05, 4.69) is 9.88 Å². The minimum absolute atomic E-state index is 0.443. The molecule has 0 radical (unpaired) electrons. The first-order valence-electron chi connectivity index (χ1n) is 8.35. The van der Waals surface area contributed by atoms with E-state index in [1.807, 2.05) is 38.1 Å². The summed E-state index contributed by atoms with van der Waals surface area (Å²) < 4.78 is 11.5. The molecule has 0 bridgehead atoms. The fraction of sp³-hybridized carbons (Fsp3) is 0.500. The number of nitrogens with zero attached hydrogens (tertiary/aromatic N) is 2. The van der Waals surface area contributed by atoms with Gasteiger partial charge >= 0.3 is 0 Å². The molecule has 2 aromatic rings. The molecule has 2 heterocycles. The van der Waals surface area contributed by atoms with Crippen molar-refractivity contribution >= 4 is 0 Å². The molecule has 0 amide bonds. The second-order valence-electron chi connectivity index (χ2n) is 6.11. The van der Waals surface area contributed by atoms with Crippen LogP contribution in [0.4, 0.5) is 0 Å². The van der Waals surface area contributed by atoms with Gasteiger partial charge in [-0.3, -0.25) is 4.90 Å². The molecule has 3 rings (SSSR count). The second-order valence-corrected chi connectivity index (χ2v) is 6.11. The van der Waals surface area contributed by atoms with Crippen LogP contribution in [0.25, 0.3) is 11.5 Å². The average molecular weight is 332 g/mol. The maximum Gasteiger partial charge on any atom is 0.230 e. The molecular formula is C18H24N2O4. The summed E-state index contributed by atoms with van der Waals surface area (Å²) in [6, 6.07) is 7.69. The number of aliphatic hydroxyl groups excluding tert-OH is 2. The lowest BCUT2D eigenvalue weighted by Crippen LogP contribution is -2.46. The maximum atomic E-state index is 9.82. The molecule has 6 nitrogen and oxygen atoms in total. The minimum atomic E-state index is -0.705. The van der Waals surface area contributed by atoms with Crippen molar-refractivity contribution in [1.29, 1.82) is 0 Å². The van der Waals surface area contributed by atoms with Crippen LogP contribution in [-0.2, 0) is 6.54 Å². The third-order valence-corrected chi connectivity index (χ3v) is 4.31. The molecule has 0 aliphatic carbocycles. The predicted octanol–water partition coefficient (Wildman–Crippen LogP) is 1.98. The lowest BCUT2D eigenvalue weighted by atomic mass is 10.1. The molecule has 6 heteroatoms. The first-order valence-corrected chi connectivity index (χ1v) is 8.35. The van der Waals surface area contributed by atoms with E-state index in [-0.39, 0.29) is 0 Å². The zero-order chi connectivity index (χ0) is 17.1. The fourth-order valence-electron chi connectivity index (χ4n) is 2.95. The maximum absolute atomic E-state index is 9.82. The van der Waals surface area contributed by atoms with E-state index in [4.69, 9.17) is 9.15 Å². The first-order chi connectivity index (χ1) is 11.6. The fourth-order valence-corrected chi connectivity index (χ4v) is 2.95. The van der Waals surface area contributed by atoms with Crippen molar-refractivity contribution in [3.63, 3.8) is 0 Å². The van der Waals surface area contributed by atoms with Crippen LogP contribution in [0.2, 0.25) is 0 Å². The zero-order valence-corrected chi connectivity index (χ0v) is 14.1. The molecule has 0 spiro atoms. The summed E-state index contributed by atoms with van der Waals surface area (Å²) in [7, 11) is 0. The van der Waals surface area contributed by atoms with Crippen molar-refractivity contribution < 1.29 is 19.4 Å². The number of hydrogen-bond acceptors (Lipinski definition) is 6. The van der Waals surface area contributed by atoms with Gasteiger partial charge in [-0.25, -0.2) is 4.98 Å². The Hall–Kier alpha value is -1.89. The number of oxazole rings is 1. The SMILES string of the molecule is CCOc1ccccc1-c1nc(CN2CC[C@H](O)[C@@H](O)C2)c(C)o1. The number of hydrogen-bond donors (Lipinski definition) is 2. The zero-order valence-electron chi connectivity index (χ0n) is 14.1. The number of β-amino-alcohol motifs (C(OH)–C–C–N with tert-alkyl or cyclic N) is 1. The number of rotatable bonds is 5. The predicted molar refractivity (Wildman–Crippen MR) is 89.8 cm³/mol. The van der Waals surface area contributed by atoms with Gasteiger partial charge in [0.25, 0.3) is 0 Å². The van der Waals surface area contributed by atoms with Gasteiger partial charge in [-0.1, -0.05) is 12.1 Å². The van der Waals surface area contributed by atoms with Crippen molar-refractivity contribution in [3.8, 4) is 17.2 Å². The van der Waals surface area contributed by atoms with Gasteiger partial charge in [0.2, 0.25) is 5.89 Å². The van der Waals surface area contributed by atoms with Gasteiger partial charge in [-0.15, -0.1) is 0 Å². The van der Waals surface area contributed by atoms with Crippen LogP contribution in [0.15, 0.2) is 28.7 Å². The van der Waals surface area contributed by atoms with Crippen molar-refractivity contribution in [1.82, 2.24) is 9.88 Å². The molecule has 2 atom stereocenters.